The minimum atomic E-state index is 0.0454. The molecule has 0 spiro atoms. The average Bonchev–Trinajstić information content (AvgIpc) is 2.69. The van der Waals surface area contributed by atoms with Crippen LogP contribution in [0.3, 0.4) is 0 Å². The first-order valence-corrected chi connectivity index (χ1v) is 7.09. The Balaban J connectivity index is 1.95. The Morgan fingerprint density at radius 2 is 2.05 bits per heavy atom. The maximum Gasteiger partial charge on any atom is 0.224 e. The molecule has 4 heteroatoms. The highest BCUT2D eigenvalue weighted by atomic mass is 16.4. The molecule has 0 aliphatic heterocycles. The minimum Gasteiger partial charge on any atom is -0.444 e. The number of hydrogen-bond donors (Lipinski definition) is 1. The van der Waals surface area contributed by atoms with E-state index >= 15 is 0 Å². The summed E-state index contributed by atoms with van der Waals surface area (Å²) >= 11 is 0. The highest BCUT2D eigenvalue weighted by Gasteiger charge is 2.60. The number of nitrogens with one attached hydrogen (secondary N) is 1. The summed E-state index contributed by atoms with van der Waals surface area (Å²) in [5.41, 5.74) is 2.18. The zero-order valence-electron chi connectivity index (χ0n) is 13.2. The first kappa shape index (κ1) is 14.8. The van der Waals surface area contributed by atoms with E-state index in [1.54, 1.807) is 0 Å². The normalized spacial score (nSPS) is 23.3. The highest BCUT2D eigenvalue weighted by molar-refractivity contribution is 5.83. The van der Waals surface area contributed by atoms with Gasteiger partial charge in [-0.3, -0.25) is 4.79 Å². The fourth-order valence-electron chi connectivity index (χ4n) is 2.74. The van der Waals surface area contributed by atoms with Crippen LogP contribution in [0.15, 0.2) is 16.1 Å². The van der Waals surface area contributed by atoms with Crippen molar-refractivity contribution in [1.82, 2.24) is 10.3 Å². The van der Waals surface area contributed by atoms with Crippen molar-refractivity contribution in [3.05, 3.63) is 29.0 Å². The van der Waals surface area contributed by atoms with E-state index in [4.69, 9.17) is 4.42 Å². The summed E-state index contributed by atoms with van der Waals surface area (Å²) in [5, 5.41) is 2.94. The summed E-state index contributed by atoms with van der Waals surface area (Å²) in [7, 11) is 0. The maximum absolute atomic E-state index is 12.3. The van der Waals surface area contributed by atoms with Crippen molar-refractivity contribution < 1.29 is 9.21 Å². The summed E-state index contributed by atoms with van der Waals surface area (Å²) in [6, 6.07) is 0. The van der Waals surface area contributed by atoms with Crippen LogP contribution in [-0.4, -0.2) is 10.9 Å². The van der Waals surface area contributed by atoms with E-state index in [0.717, 1.165) is 11.5 Å². The Kier molecular flexibility index (Phi) is 3.76. The zero-order valence-corrected chi connectivity index (χ0v) is 13.2. The van der Waals surface area contributed by atoms with Gasteiger partial charge in [-0.05, 0) is 39.0 Å². The van der Waals surface area contributed by atoms with Gasteiger partial charge in [-0.25, -0.2) is 4.98 Å². The first-order chi connectivity index (χ1) is 9.23. The van der Waals surface area contributed by atoms with Gasteiger partial charge in [-0.2, -0.15) is 0 Å². The number of aromatic nitrogens is 1. The van der Waals surface area contributed by atoms with Crippen molar-refractivity contribution >= 4 is 5.91 Å². The second kappa shape index (κ2) is 5.08. The lowest BCUT2D eigenvalue weighted by Gasteiger charge is -2.03. The predicted octanol–water partition coefficient (Wildman–Crippen LogP) is 3.15. The standard InChI is InChI=1S/C16H24N2O2/c1-9(2)7-12-14(16(12,5)6)15(19)17-8-13-18-10(3)11(4)20-13/h7,12,14H,8H2,1-6H3,(H,17,19). The van der Waals surface area contributed by atoms with E-state index in [9.17, 15) is 4.79 Å². The quantitative estimate of drug-likeness (QED) is 0.859. The Hall–Kier alpha value is -1.58. The molecule has 1 heterocycles. The van der Waals surface area contributed by atoms with E-state index in [2.05, 4.69) is 44.1 Å². The topological polar surface area (TPSA) is 55.1 Å². The number of oxazole rings is 1. The molecule has 1 N–H and O–H groups in total. The monoisotopic (exact) mass is 276 g/mol. The molecule has 1 aliphatic carbocycles. The van der Waals surface area contributed by atoms with Gasteiger partial charge in [0.15, 0.2) is 0 Å². The van der Waals surface area contributed by atoms with Crippen LogP contribution in [-0.2, 0) is 11.3 Å². The van der Waals surface area contributed by atoms with E-state index in [-0.39, 0.29) is 17.2 Å². The molecule has 1 fully saturated rings. The van der Waals surface area contributed by atoms with Crippen molar-refractivity contribution in [3.63, 3.8) is 0 Å². The summed E-state index contributed by atoms with van der Waals surface area (Å²) in [6.07, 6.45) is 2.20. The van der Waals surface area contributed by atoms with Crippen LogP contribution in [0.4, 0.5) is 0 Å². The Labute approximate surface area is 120 Å². The summed E-state index contributed by atoms with van der Waals surface area (Å²) in [5.74, 6) is 1.86. The number of allylic oxidation sites excluding steroid dienone is 2. The van der Waals surface area contributed by atoms with Crippen LogP contribution in [0.5, 0.6) is 0 Å². The third-order valence-corrected chi connectivity index (χ3v) is 4.19. The number of hydrogen-bond acceptors (Lipinski definition) is 3. The lowest BCUT2D eigenvalue weighted by atomic mass is 10.1. The van der Waals surface area contributed by atoms with Crippen molar-refractivity contribution in [2.45, 2.75) is 48.1 Å². The number of amides is 1. The number of rotatable bonds is 4. The van der Waals surface area contributed by atoms with Gasteiger partial charge in [0.25, 0.3) is 0 Å². The third kappa shape index (κ3) is 2.79. The molecule has 2 atom stereocenters. The molecule has 2 unspecified atom stereocenters. The maximum atomic E-state index is 12.3. The zero-order chi connectivity index (χ0) is 15.1. The highest BCUT2D eigenvalue weighted by Crippen LogP contribution is 2.59. The van der Waals surface area contributed by atoms with Crippen LogP contribution in [0.2, 0.25) is 0 Å². The molecular weight excluding hydrogens is 252 g/mol. The third-order valence-electron chi connectivity index (χ3n) is 4.19. The van der Waals surface area contributed by atoms with Gasteiger partial charge < -0.3 is 9.73 Å². The van der Waals surface area contributed by atoms with E-state index in [1.807, 2.05) is 13.8 Å². The largest absolute Gasteiger partial charge is 0.444 e. The van der Waals surface area contributed by atoms with Crippen LogP contribution in [0.25, 0.3) is 0 Å². The van der Waals surface area contributed by atoms with Crippen molar-refractivity contribution in [2.75, 3.05) is 0 Å². The Morgan fingerprint density at radius 3 is 2.55 bits per heavy atom. The second-order valence-corrected chi connectivity index (χ2v) is 6.54. The van der Waals surface area contributed by atoms with Crippen molar-refractivity contribution in [1.29, 1.82) is 0 Å². The molecule has 4 nitrogen and oxygen atoms in total. The van der Waals surface area contributed by atoms with E-state index in [0.29, 0.717) is 18.4 Å². The lowest BCUT2D eigenvalue weighted by Crippen LogP contribution is -2.26. The Morgan fingerprint density at radius 1 is 1.40 bits per heavy atom. The van der Waals surface area contributed by atoms with Gasteiger partial charge in [0.2, 0.25) is 11.8 Å². The van der Waals surface area contributed by atoms with E-state index in [1.165, 1.54) is 5.57 Å². The minimum absolute atomic E-state index is 0.0454. The van der Waals surface area contributed by atoms with Gasteiger partial charge in [0.05, 0.1) is 18.2 Å². The average molecular weight is 276 g/mol. The first-order valence-electron chi connectivity index (χ1n) is 7.09. The molecule has 2 rings (SSSR count). The van der Waals surface area contributed by atoms with Crippen LogP contribution >= 0.6 is 0 Å². The number of carbonyl (C=O) groups is 1. The van der Waals surface area contributed by atoms with Gasteiger partial charge in [0.1, 0.15) is 5.76 Å². The molecule has 0 radical (unpaired) electrons. The molecule has 110 valence electrons. The van der Waals surface area contributed by atoms with Gasteiger partial charge in [-0.1, -0.05) is 25.5 Å². The number of nitrogens with zero attached hydrogens (tertiary/aromatic N) is 1. The smallest absolute Gasteiger partial charge is 0.224 e. The molecule has 1 aromatic heterocycles. The molecule has 0 saturated heterocycles. The van der Waals surface area contributed by atoms with Crippen LogP contribution in [0.1, 0.15) is 45.0 Å². The molecule has 1 amide bonds. The Bertz CT molecular complexity index is 531. The van der Waals surface area contributed by atoms with E-state index < -0.39 is 0 Å². The molecule has 1 aliphatic rings. The SMILES string of the molecule is CC(C)=CC1C(C(=O)NCc2nc(C)c(C)o2)C1(C)C. The van der Waals surface area contributed by atoms with Crippen LogP contribution in [0, 0.1) is 31.1 Å². The predicted molar refractivity (Wildman–Crippen MR) is 78.0 cm³/mol. The molecule has 1 aromatic rings. The fourth-order valence-corrected chi connectivity index (χ4v) is 2.74. The van der Waals surface area contributed by atoms with Gasteiger partial charge in [-0.15, -0.1) is 0 Å². The van der Waals surface area contributed by atoms with Gasteiger partial charge >= 0.3 is 0 Å². The lowest BCUT2D eigenvalue weighted by molar-refractivity contribution is -0.123. The summed E-state index contributed by atoms with van der Waals surface area (Å²) in [6.45, 7) is 12.6. The molecule has 0 bridgehead atoms. The van der Waals surface area contributed by atoms with Crippen molar-refractivity contribution in [3.8, 4) is 0 Å². The fraction of sp³-hybridized carbons (Fsp3) is 0.625. The number of aryl methyl sites for hydroxylation is 2. The van der Waals surface area contributed by atoms with Crippen LogP contribution < -0.4 is 5.32 Å². The summed E-state index contributed by atoms with van der Waals surface area (Å²) < 4.78 is 5.47. The molecule has 20 heavy (non-hydrogen) atoms. The second-order valence-electron chi connectivity index (χ2n) is 6.54. The molecule has 1 saturated carbocycles. The number of carbonyl (C=O) groups excluding carboxylic acids is 1. The summed E-state index contributed by atoms with van der Waals surface area (Å²) in [4.78, 5) is 16.5. The molecular formula is C16H24N2O2. The molecule has 0 aromatic carbocycles. The van der Waals surface area contributed by atoms with Gasteiger partial charge in [0, 0.05) is 0 Å². The van der Waals surface area contributed by atoms with Crippen molar-refractivity contribution in [2.24, 2.45) is 17.3 Å².